The summed E-state index contributed by atoms with van der Waals surface area (Å²) >= 11 is 1.71. The van der Waals surface area contributed by atoms with Gasteiger partial charge in [0.2, 0.25) is 5.88 Å². The van der Waals surface area contributed by atoms with Gasteiger partial charge in [0.25, 0.3) is 0 Å². The van der Waals surface area contributed by atoms with Crippen molar-refractivity contribution >= 4 is 11.3 Å². The Morgan fingerprint density at radius 2 is 2.21 bits per heavy atom. The summed E-state index contributed by atoms with van der Waals surface area (Å²) in [5, 5.41) is 5.39. The predicted molar refractivity (Wildman–Crippen MR) is 79.6 cm³/mol. The predicted octanol–water partition coefficient (Wildman–Crippen LogP) is 3.39. The highest BCUT2D eigenvalue weighted by Crippen LogP contribution is 2.16. The van der Waals surface area contributed by atoms with Crippen LogP contribution in [0.5, 0.6) is 5.88 Å². The molecule has 4 heteroatoms. The minimum absolute atomic E-state index is 0.596. The van der Waals surface area contributed by atoms with Crippen molar-refractivity contribution in [2.75, 3.05) is 6.54 Å². The Kier molecular flexibility index (Phi) is 5.36. The first-order valence-electron chi connectivity index (χ1n) is 6.67. The number of nitrogens with zero attached hydrogens (tertiary/aromatic N) is 1. The number of aromatic nitrogens is 1. The summed E-state index contributed by atoms with van der Waals surface area (Å²) in [5.41, 5.74) is 2.31. The molecule has 0 unspecified atom stereocenters. The normalized spacial score (nSPS) is 10.6. The Labute approximate surface area is 118 Å². The van der Waals surface area contributed by atoms with E-state index in [1.54, 1.807) is 11.3 Å². The van der Waals surface area contributed by atoms with Crippen molar-refractivity contribution in [1.82, 2.24) is 10.3 Å². The third-order valence-corrected chi connectivity index (χ3v) is 3.65. The zero-order chi connectivity index (χ0) is 13.5. The number of ether oxygens (including phenoxy) is 1. The van der Waals surface area contributed by atoms with Crippen LogP contribution < -0.4 is 10.1 Å². The molecule has 0 radical (unpaired) electrons. The molecule has 1 N–H and O–H groups in total. The Balaban J connectivity index is 2.05. The van der Waals surface area contributed by atoms with Crippen molar-refractivity contribution in [2.24, 2.45) is 0 Å². The average molecular weight is 276 g/mol. The summed E-state index contributed by atoms with van der Waals surface area (Å²) in [6, 6.07) is 8.28. The van der Waals surface area contributed by atoms with Gasteiger partial charge < -0.3 is 10.1 Å². The molecular formula is C15H20N2OS. The minimum Gasteiger partial charge on any atom is -0.472 e. The van der Waals surface area contributed by atoms with Gasteiger partial charge in [-0.3, -0.25) is 0 Å². The minimum atomic E-state index is 0.596. The van der Waals surface area contributed by atoms with Crippen molar-refractivity contribution < 1.29 is 4.74 Å². The van der Waals surface area contributed by atoms with Crippen molar-refractivity contribution in [3.05, 3.63) is 45.8 Å². The summed E-state index contributed by atoms with van der Waals surface area (Å²) in [4.78, 5) is 5.73. The van der Waals surface area contributed by atoms with Crippen LogP contribution in [-0.4, -0.2) is 11.5 Å². The van der Waals surface area contributed by atoms with Crippen LogP contribution in [0.2, 0.25) is 0 Å². The molecule has 102 valence electrons. The number of thiophene rings is 1. The molecular weight excluding hydrogens is 256 g/mol. The van der Waals surface area contributed by atoms with E-state index in [1.807, 2.05) is 12.1 Å². The van der Waals surface area contributed by atoms with Crippen molar-refractivity contribution in [1.29, 1.82) is 0 Å². The molecule has 0 spiro atoms. The van der Waals surface area contributed by atoms with Gasteiger partial charge in [-0.25, -0.2) is 4.98 Å². The molecule has 2 heterocycles. The van der Waals surface area contributed by atoms with E-state index in [0.717, 1.165) is 31.1 Å². The monoisotopic (exact) mass is 276 g/mol. The molecule has 19 heavy (non-hydrogen) atoms. The summed E-state index contributed by atoms with van der Waals surface area (Å²) in [7, 11) is 0. The number of nitrogens with one attached hydrogen (secondary N) is 1. The van der Waals surface area contributed by atoms with Gasteiger partial charge in [-0.2, -0.15) is 0 Å². The lowest BCUT2D eigenvalue weighted by Crippen LogP contribution is -2.12. The maximum absolute atomic E-state index is 5.79. The zero-order valence-corrected chi connectivity index (χ0v) is 12.3. The van der Waals surface area contributed by atoms with Gasteiger partial charge in [0, 0.05) is 23.2 Å². The van der Waals surface area contributed by atoms with E-state index in [1.165, 1.54) is 10.4 Å². The van der Waals surface area contributed by atoms with Gasteiger partial charge in [-0.15, -0.1) is 11.3 Å². The van der Waals surface area contributed by atoms with Gasteiger partial charge in [0.1, 0.15) is 6.61 Å². The molecule has 3 nitrogen and oxygen atoms in total. The average Bonchev–Trinajstić information content (AvgIpc) is 2.96. The van der Waals surface area contributed by atoms with E-state index in [0.29, 0.717) is 6.61 Å². The molecule has 0 aliphatic carbocycles. The lowest BCUT2D eigenvalue weighted by atomic mass is 10.2. The molecule has 0 aliphatic heterocycles. The summed E-state index contributed by atoms with van der Waals surface area (Å²) < 4.78 is 5.79. The fraction of sp³-hybridized carbons (Fsp3) is 0.400. The van der Waals surface area contributed by atoms with Gasteiger partial charge in [-0.1, -0.05) is 19.9 Å². The summed E-state index contributed by atoms with van der Waals surface area (Å²) in [6.07, 6.45) is 0.926. The van der Waals surface area contributed by atoms with E-state index in [2.05, 4.69) is 41.7 Å². The smallest absolute Gasteiger partial charge is 0.214 e. The van der Waals surface area contributed by atoms with Crippen molar-refractivity contribution in [3.63, 3.8) is 0 Å². The Hall–Kier alpha value is -1.39. The van der Waals surface area contributed by atoms with Crippen LogP contribution in [0, 0.1) is 0 Å². The van der Waals surface area contributed by atoms with E-state index in [9.17, 15) is 0 Å². The molecule has 0 aliphatic rings. The number of aryl methyl sites for hydroxylation is 1. The fourth-order valence-electron chi connectivity index (χ4n) is 1.79. The second-order valence-corrected chi connectivity index (χ2v) is 5.34. The van der Waals surface area contributed by atoms with Crippen LogP contribution in [0.3, 0.4) is 0 Å². The highest BCUT2D eigenvalue weighted by Gasteiger charge is 2.04. The van der Waals surface area contributed by atoms with Gasteiger partial charge in [0.15, 0.2) is 0 Å². The molecule has 2 aromatic rings. The first-order chi connectivity index (χ1) is 9.31. The van der Waals surface area contributed by atoms with Gasteiger partial charge in [-0.05, 0) is 36.0 Å². The molecule has 0 bridgehead atoms. The van der Waals surface area contributed by atoms with E-state index < -0.39 is 0 Å². The topological polar surface area (TPSA) is 34.2 Å². The molecule has 0 fully saturated rings. The number of rotatable bonds is 7. The quantitative estimate of drug-likeness (QED) is 0.841. The highest BCUT2D eigenvalue weighted by atomic mass is 32.1. The van der Waals surface area contributed by atoms with Crippen LogP contribution >= 0.6 is 11.3 Å². The second-order valence-electron chi connectivity index (χ2n) is 4.31. The van der Waals surface area contributed by atoms with E-state index >= 15 is 0 Å². The fourth-order valence-corrected chi connectivity index (χ4v) is 2.40. The first-order valence-corrected chi connectivity index (χ1v) is 7.55. The molecule has 0 amide bonds. The first kappa shape index (κ1) is 14.0. The maximum Gasteiger partial charge on any atom is 0.214 e. The van der Waals surface area contributed by atoms with Crippen molar-refractivity contribution in [2.45, 2.75) is 33.4 Å². The zero-order valence-electron chi connectivity index (χ0n) is 11.5. The lowest BCUT2D eigenvalue weighted by Gasteiger charge is -2.09. The van der Waals surface area contributed by atoms with Gasteiger partial charge in [0.05, 0.1) is 0 Å². The summed E-state index contributed by atoms with van der Waals surface area (Å²) in [6.45, 7) is 6.65. The van der Waals surface area contributed by atoms with E-state index in [-0.39, 0.29) is 0 Å². The van der Waals surface area contributed by atoms with Crippen LogP contribution in [0.25, 0.3) is 0 Å². The molecule has 0 atom stereocenters. The van der Waals surface area contributed by atoms with Crippen molar-refractivity contribution in [3.8, 4) is 5.88 Å². The summed E-state index contributed by atoms with van der Waals surface area (Å²) in [5.74, 6) is 0.723. The highest BCUT2D eigenvalue weighted by molar-refractivity contribution is 7.09. The maximum atomic E-state index is 5.79. The Morgan fingerprint density at radius 3 is 2.89 bits per heavy atom. The SMILES string of the molecule is CCNCc1cc(CC)nc(OCc2cccs2)c1. The molecule has 0 aromatic carbocycles. The van der Waals surface area contributed by atoms with E-state index in [4.69, 9.17) is 4.74 Å². The molecule has 2 rings (SSSR count). The third kappa shape index (κ3) is 4.33. The van der Waals surface area contributed by atoms with Crippen LogP contribution in [0.15, 0.2) is 29.6 Å². The van der Waals surface area contributed by atoms with Crippen LogP contribution in [0.1, 0.15) is 30.0 Å². The van der Waals surface area contributed by atoms with Crippen LogP contribution in [0.4, 0.5) is 0 Å². The lowest BCUT2D eigenvalue weighted by molar-refractivity contribution is 0.296. The molecule has 0 saturated carbocycles. The molecule has 2 aromatic heterocycles. The Bertz CT molecular complexity index is 497. The Morgan fingerprint density at radius 1 is 1.32 bits per heavy atom. The van der Waals surface area contributed by atoms with Gasteiger partial charge >= 0.3 is 0 Å². The number of hydrogen-bond donors (Lipinski definition) is 1. The number of hydrogen-bond acceptors (Lipinski definition) is 4. The third-order valence-electron chi connectivity index (χ3n) is 2.80. The second kappa shape index (κ2) is 7.26. The molecule has 0 saturated heterocycles. The standard InChI is InChI=1S/C15H20N2OS/c1-3-13-8-12(10-16-4-2)9-15(17-13)18-11-14-6-5-7-19-14/h5-9,16H,3-4,10-11H2,1-2H3. The largest absolute Gasteiger partial charge is 0.472 e. The van der Waals surface area contributed by atoms with Crippen LogP contribution in [-0.2, 0) is 19.6 Å². The number of pyridine rings is 1.